The minimum absolute atomic E-state index is 0.290. The number of hydrogen-bond acceptors (Lipinski definition) is 4. The van der Waals surface area contributed by atoms with Gasteiger partial charge in [0.2, 0.25) is 10.0 Å². The molecule has 1 aliphatic heterocycles. The van der Waals surface area contributed by atoms with Crippen molar-refractivity contribution in [1.82, 2.24) is 9.21 Å². The van der Waals surface area contributed by atoms with E-state index in [2.05, 4.69) is 11.5 Å². The van der Waals surface area contributed by atoms with Gasteiger partial charge in [0.25, 0.3) is 0 Å². The van der Waals surface area contributed by atoms with Gasteiger partial charge in [-0.3, -0.25) is 4.90 Å². The van der Waals surface area contributed by atoms with Crippen LogP contribution in [0.25, 0.3) is 0 Å². The normalized spacial score (nSPS) is 17.6. The third-order valence-corrected chi connectivity index (χ3v) is 5.46. The van der Waals surface area contributed by atoms with E-state index in [4.69, 9.17) is 16.3 Å². The first-order valence-electron chi connectivity index (χ1n) is 6.63. The Morgan fingerprint density at radius 2 is 1.81 bits per heavy atom. The summed E-state index contributed by atoms with van der Waals surface area (Å²) in [5.41, 5.74) is 0. The van der Waals surface area contributed by atoms with Crippen LogP contribution in [-0.2, 0) is 10.0 Å². The molecule has 1 aliphatic rings. The quantitative estimate of drug-likeness (QED) is 0.825. The summed E-state index contributed by atoms with van der Waals surface area (Å²) in [6.45, 7) is 6.48. The van der Waals surface area contributed by atoms with Gasteiger partial charge < -0.3 is 4.74 Å². The summed E-state index contributed by atoms with van der Waals surface area (Å²) in [6, 6.07) is 6.45. The first-order chi connectivity index (χ1) is 9.93. The molecule has 0 radical (unpaired) electrons. The molecule has 116 valence electrons. The van der Waals surface area contributed by atoms with Crippen LogP contribution in [0.4, 0.5) is 0 Å². The van der Waals surface area contributed by atoms with E-state index in [9.17, 15) is 8.42 Å². The van der Waals surface area contributed by atoms with Crippen molar-refractivity contribution in [2.24, 2.45) is 0 Å². The smallest absolute Gasteiger partial charge is 0.243 e. The van der Waals surface area contributed by atoms with E-state index in [1.54, 1.807) is 31.4 Å². The maximum absolute atomic E-state index is 12.5. The second-order valence-electron chi connectivity index (χ2n) is 4.87. The number of ether oxygens (including phenoxy) is 1. The molecular formula is C14H19ClN2O3S. The topological polar surface area (TPSA) is 49.9 Å². The monoisotopic (exact) mass is 330 g/mol. The molecule has 21 heavy (non-hydrogen) atoms. The van der Waals surface area contributed by atoms with Crippen molar-refractivity contribution < 1.29 is 13.2 Å². The molecule has 1 heterocycles. The molecule has 1 aromatic carbocycles. The van der Waals surface area contributed by atoms with Crippen molar-refractivity contribution in [2.45, 2.75) is 4.90 Å². The standard InChI is InChI=1S/C14H19ClN2O3S/c1-12(15)11-16-7-9-17(10-8-16)21(18,19)14-5-3-13(20-2)4-6-14/h3-6H,1,7-11H2,2H3. The third-order valence-electron chi connectivity index (χ3n) is 3.42. The first kappa shape index (κ1) is 16.3. The van der Waals surface area contributed by atoms with Crippen LogP contribution in [0.5, 0.6) is 5.75 Å². The predicted molar refractivity (Wildman–Crippen MR) is 83.2 cm³/mol. The van der Waals surface area contributed by atoms with Crippen molar-refractivity contribution in [2.75, 3.05) is 39.8 Å². The van der Waals surface area contributed by atoms with E-state index < -0.39 is 10.0 Å². The number of rotatable bonds is 5. The maximum atomic E-state index is 12.5. The Balaban J connectivity index is 2.05. The zero-order valence-electron chi connectivity index (χ0n) is 12.0. The molecule has 1 aromatic rings. The molecule has 0 saturated carbocycles. The molecule has 0 atom stereocenters. The van der Waals surface area contributed by atoms with Gasteiger partial charge in [0, 0.05) is 37.8 Å². The van der Waals surface area contributed by atoms with Crippen LogP contribution >= 0.6 is 11.6 Å². The Morgan fingerprint density at radius 3 is 2.29 bits per heavy atom. The van der Waals surface area contributed by atoms with Gasteiger partial charge in [-0.25, -0.2) is 8.42 Å². The minimum atomic E-state index is -3.44. The zero-order chi connectivity index (χ0) is 15.5. The number of halogens is 1. The Hall–Kier alpha value is -1.08. The maximum Gasteiger partial charge on any atom is 0.243 e. The molecule has 0 bridgehead atoms. The fraction of sp³-hybridized carbons (Fsp3) is 0.429. The third kappa shape index (κ3) is 3.97. The highest BCUT2D eigenvalue weighted by Crippen LogP contribution is 2.20. The summed E-state index contributed by atoms with van der Waals surface area (Å²) in [6.07, 6.45) is 0. The Morgan fingerprint density at radius 1 is 1.24 bits per heavy atom. The van der Waals surface area contributed by atoms with Crippen LogP contribution in [0.1, 0.15) is 0 Å². The van der Waals surface area contributed by atoms with Gasteiger partial charge >= 0.3 is 0 Å². The van der Waals surface area contributed by atoms with Crippen LogP contribution in [0.15, 0.2) is 40.8 Å². The summed E-state index contributed by atoms with van der Waals surface area (Å²) >= 11 is 5.78. The summed E-state index contributed by atoms with van der Waals surface area (Å²) in [4.78, 5) is 2.38. The molecule has 0 aliphatic carbocycles. The Bertz CT molecular complexity index is 593. The lowest BCUT2D eigenvalue weighted by molar-refractivity contribution is 0.203. The molecule has 0 spiro atoms. The van der Waals surface area contributed by atoms with E-state index in [1.165, 1.54) is 4.31 Å². The highest BCUT2D eigenvalue weighted by Gasteiger charge is 2.28. The largest absolute Gasteiger partial charge is 0.497 e. The van der Waals surface area contributed by atoms with Crippen LogP contribution in [0.2, 0.25) is 0 Å². The van der Waals surface area contributed by atoms with Crippen LogP contribution in [0.3, 0.4) is 0 Å². The summed E-state index contributed by atoms with van der Waals surface area (Å²) < 4.78 is 31.6. The molecule has 1 saturated heterocycles. The second kappa shape index (κ2) is 6.79. The number of sulfonamides is 1. The number of hydrogen-bond donors (Lipinski definition) is 0. The number of piperazine rings is 1. The van der Waals surface area contributed by atoms with Crippen LogP contribution < -0.4 is 4.74 Å². The van der Waals surface area contributed by atoms with Gasteiger partial charge in [0.05, 0.1) is 12.0 Å². The molecule has 0 amide bonds. The summed E-state index contributed by atoms with van der Waals surface area (Å²) in [7, 11) is -1.89. The van der Waals surface area contributed by atoms with Crippen LogP contribution in [-0.4, -0.2) is 57.5 Å². The van der Waals surface area contributed by atoms with Crippen molar-refractivity contribution >= 4 is 21.6 Å². The van der Waals surface area contributed by atoms with Gasteiger partial charge in [-0.1, -0.05) is 18.2 Å². The zero-order valence-corrected chi connectivity index (χ0v) is 13.5. The lowest BCUT2D eigenvalue weighted by Gasteiger charge is -2.33. The van der Waals surface area contributed by atoms with Crippen molar-refractivity contribution in [3.8, 4) is 5.75 Å². The average molecular weight is 331 g/mol. The second-order valence-corrected chi connectivity index (χ2v) is 7.35. The molecule has 0 aromatic heterocycles. The average Bonchev–Trinajstić information content (AvgIpc) is 2.47. The fourth-order valence-corrected chi connectivity index (χ4v) is 3.86. The van der Waals surface area contributed by atoms with Crippen molar-refractivity contribution in [1.29, 1.82) is 0 Å². The van der Waals surface area contributed by atoms with E-state index in [0.29, 0.717) is 48.4 Å². The van der Waals surface area contributed by atoms with E-state index in [-0.39, 0.29) is 0 Å². The van der Waals surface area contributed by atoms with Crippen molar-refractivity contribution in [3.63, 3.8) is 0 Å². The summed E-state index contributed by atoms with van der Waals surface area (Å²) in [5.74, 6) is 0.638. The molecule has 0 N–H and O–H groups in total. The minimum Gasteiger partial charge on any atom is -0.497 e. The molecule has 2 rings (SSSR count). The highest BCUT2D eigenvalue weighted by molar-refractivity contribution is 7.89. The Kier molecular flexibility index (Phi) is 5.27. The molecule has 7 heteroatoms. The fourth-order valence-electron chi connectivity index (χ4n) is 2.27. The lowest BCUT2D eigenvalue weighted by atomic mass is 10.3. The van der Waals surface area contributed by atoms with Gasteiger partial charge in [0.15, 0.2) is 0 Å². The molecule has 0 unspecified atom stereocenters. The number of methoxy groups -OCH3 is 1. The first-order valence-corrected chi connectivity index (χ1v) is 8.45. The van der Waals surface area contributed by atoms with Crippen molar-refractivity contribution in [3.05, 3.63) is 35.9 Å². The van der Waals surface area contributed by atoms with Gasteiger partial charge in [-0.2, -0.15) is 4.31 Å². The van der Waals surface area contributed by atoms with E-state index in [1.807, 2.05) is 0 Å². The Labute approximate surface area is 130 Å². The highest BCUT2D eigenvalue weighted by atomic mass is 35.5. The lowest BCUT2D eigenvalue weighted by Crippen LogP contribution is -2.48. The predicted octanol–water partition coefficient (Wildman–Crippen LogP) is 1.75. The van der Waals surface area contributed by atoms with Gasteiger partial charge in [-0.05, 0) is 24.3 Å². The summed E-state index contributed by atoms with van der Waals surface area (Å²) in [5, 5.41) is 0.571. The number of benzene rings is 1. The molecule has 1 fully saturated rings. The van der Waals surface area contributed by atoms with E-state index in [0.717, 1.165) is 0 Å². The van der Waals surface area contributed by atoms with Crippen LogP contribution in [0, 0.1) is 0 Å². The SMILES string of the molecule is C=C(Cl)CN1CCN(S(=O)(=O)c2ccc(OC)cc2)CC1. The number of nitrogens with zero attached hydrogens (tertiary/aromatic N) is 2. The molecule has 5 nitrogen and oxygen atoms in total. The van der Waals surface area contributed by atoms with Gasteiger partial charge in [-0.15, -0.1) is 0 Å². The van der Waals surface area contributed by atoms with Gasteiger partial charge in [0.1, 0.15) is 5.75 Å². The molecular weight excluding hydrogens is 312 g/mol. The van der Waals surface area contributed by atoms with E-state index >= 15 is 0 Å².